The molecule has 1 rings (SSSR count). The summed E-state index contributed by atoms with van der Waals surface area (Å²) in [6.45, 7) is 7.65. The van der Waals surface area contributed by atoms with E-state index in [0.29, 0.717) is 6.04 Å². The van der Waals surface area contributed by atoms with Crippen LogP contribution < -0.4 is 5.32 Å². The normalized spacial score (nSPS) is 11.8. The van der Waals surface area contributed by atoms with Crippen molar-refractivity contribution < 1.29 is 46.1 Å². The summed E-state index contributed by atoms with van der Waals surface area (Å²) in [6.07, 6.45) is -1.37. The molecule has 0 saturated carbocycles. The number of pyridine rings is 1. The first-order chi connectivity index (χ1) is 14.6. The standard InChI is InChI=1S/C16H26N2.2C2HF3O2/c1-14(2)8-6-9-15(3)17-13-7-11-16-10-4-5-12-18-16;2*3-2(4,5)1(6)7/h4-5,8,10,12,15,17H,6-7,9,11,13H2,1-3H3;2*(H,6,7). The number of aromatic nitrogens is 1. The quantitative estimate of drug-likeness (QED) is 0.278. The number of aliphatic carboxylic acids is 2. The maximum atomic E-state index is 10.6. The van der Waals surface area contributed by atoms with Gasteiger partial charge >= 0.3 is 24.3 Å². The molecule has 32 heavy (non-hydrogen) atoms. The van der Waals surface area contributed by atoms with E-state index in [9.17, 15) is 26.3 Å². The summed E-state index contributed by atoms with van der Waals surface area (Å²) in [7, 11) is 0. The van der Waals surface area contributed by atoms with Gasteiger partial charge < -0.3 is 15.5 Å². The predicted octanol–water partition coefficient (Wildman–Crippen LogP) is 5.01. The van der Waals surface area contributed by atoms with Crippen LogP contribution in [0.3, 0.4) is 0 Å². The molecule has 0 saturated heterocycles. The van der Waals surface area contributed by atoms with E-state index in [1.807, 2.05) is 12.3 Å². The monoisotopic (exact) mass is 474 g/mol. The molecular formula is C20H28F6N2O4. The minimum absolute atomic E-state index is 0.601. The second kappa shape index (κ2) is 16.1. The van der Waals surface area contributed by atoms with Crippen LogP contribution >= 0.6 is 0 Å². The van der Waals surface area contributed by atoms with Gasteiger partial charge in [-0.15, -0.1) is 0 Å². The Morgan fingerprint density at radius 1 is 1.06 bits per heavy atom. The lowest BCUT2D eigenvalue weighted by molar-refractivity contribution is -0.193. The molecule has 12 heteroatoms. The van der Waals surface area contributed by atoms with Crippen LogP contribution in [0.1, 0.15) is 45.7 Å². The fourth-order valence-corrected chi connectivity index (χ4v) is 1.89. The van der Waals surface area contributed by atoms with E-state index >= 15 is 0 Å². The molecule has 0 radical (unpaired) electrons. The summed E-state index contributed by atoms with van der Waals surface area (Å²) in [5.74, 6) is -5.51. The van der Waals surface area contributed by atoms with Crippen molar-refractivity contribution in [1.29, 1.82) is 0 Å². The second-order valence-electron chi connectivity index (χ2n) is 6.74. The van der Waals surface area contributed by atoms with Crippen molar-refractivity contribution in [2.45, 2.75) is 64.8 Å². The van der Waals surface area contributed by atoms with Crippen molar-refractivity contribution in [2.24, 2.45) is 0 Å². The van der Waals surface area contributed by atoms with E-state index in [0.717, 1.165) is 19.4 Å². The lowest BCUT2D eigenvalue weighted by Gasteiger charge is -2.12. The summed E-state index contributed by atoms with van der Waals surface area (Å²) in [5.41, 5.74) is 2.61. The van der Waals surface area contributed by atoms with Gasteiger partial charge in [0, 0.05) is 17.9 Å². The number of hydrogen-bond donors (Lipinski definition) is 3. The lowest BCUT2D eigenvalue weighted by atomic mass is 10.1. The zero-order valence-corrected chi connectivity index (χ0v) is 17.9. The zero-order chi connectivity index (χ0) is 25.4. The maximum Gasteiger partial charge on any atom is 0.490 e. The Hall–Kier alpha value is -2.63. The minimum Gasteiger partial charge on any atom is -0.475 e. The SMILES string of the molecule is CC(C)=CCCC(C)NCCCc1ccccn1.O=C(O)C(F)(F)F.O=C(O)C(F)(F)F. The van der Waals surface area contributed by atoms with Crippen LogP contribution in [0.2, 0.25) is 0 Å². The smallest absolute Gasteiger partial charge is 0.475 e. The Morgan fingerprint density at radius 3 is 1.94 bits per heavy atom. The molecule has 3 N–H and O–H groups in total. The van der Waals surface area contributed by atoms with Gasteiger partial charge in [-0.05, 0) is 65.1 Å². The third-order valence-electron chi connectivity index (χ3n) is 3.47. The molecule has 0 aliphatic heterocycles. The first kappa shape index (κ1) is 31.6. The molecule has 0 aliphatic carbocycles. The van der Waals surface area contributed by atoms with Gasteiger partial charge in [0.1, 0.15) is 0 Å². The van der Waals surface area contributed by atoms with Gasteiger partial charge in [-0.2, -0.15) is 26.3 Å². The van der Waals surface area contributed by atoms with Crippen LogP contribution in [-0.2, 0) is 16.0 Å². The van der Waals surface area contributed by atoms with Gasteiger partial charge in [0.25, 0.3) is 0 Å². The summed E-state index contributed by atoms with van der Waals surface area (Å²) >= 11 is 0. The number of rotatable bonds is 8. The number of hydrogen-bond acceptors (Lipinski definition) is 4. The fourth-order valence-electron chi connectivity index (χ4n) is 1.89. The maximum absolute atomic E-state index is 10.6. The first-order valence-electron chi connectivity index (χ1n) is 9.44. The lowest BCUT2D eigenvalue weighted by Crippen LogP contribution is -2.27. The number of halogens is 6. The highest BCUT2D eigenvalue weighted by Crippen LogP contribution is 2.13. The van der Waals surface area contributed by atoms with Crippen LogP contribution in [0, 0.1) is 0 Å². The molecule has 1 atom stereocenters. The Kier molecular flexibility index (Phi) is 15.8. The zero-order valence-electron chi connectivity index (χ0n) is 17.9. The van der Waals surface area contributed by atoms with Crippen LogP contribution in [-0.4, -0.2) is 52.1 Å². The van der Waals surface area contributed by atoms with Crippen molar-refractivity contribution in [3.05, 3.63) is 41.7 Å². The average molecular weight is 474 g/mol. The molecule has 0 spiro atoms. The molecule has 0 amide bonds. The van der Waals surface area contributed by atoms with Crippen molar-refractivity contribution in [3.63, 3.8) is 0 Å². The Bertz CT molecular complexity index is 664. The van der Waals surface area contributed by atoms with E-state index in [-0.39, 0.29) is 0 Å². The molecule has 0 fully saturated rings. The summed E-state index contributed by atoms with van der Waals surface area (Å²) in [6, 6.07) is 6.72. The molecule has 184 valence electrons. The average Bonchev–Trinajstić information content (AvgIpc) is 2.65. The highest BCUT2D eigenvalue weighted by Gasteiger charge is 2.38. The highest BCUT2D eigenvalue weighted by molar-refractivity contribution is 5.73. The van der Waals surface area contributed by atoms with E-state index in [1.54, 1.807) is 0 Å². The number of nitrogens with zero attached hydrogens (tertiary/aromatic N) is 1. The van der Waals surface area contributed by atoms with E-state index in [1.165, 1.54) is 24.1 Å². The van der Waals surface area contributed by atoms with Gasteiger partial charge in [0.15, 0.2) is 0 Å². The fraction of sp³-hybridized carbons (Fsp3) is 0.550. The number of aryl methyl sites for hydroxylation is 1. The van der Waals surface area contributed by atoms with E-state index in [2.05, 4.69) is 49.3 Å². The molecule has 0 bridgehead atoms. The number of carboxylic acid groups (broad SMARTS) is 2. The van der Waals surface area contributed by atoms with Gasteiger partial charge in [-0.25, -0.2) is 9.59 Å². The molecule has 0 aliphatic rings. The van der Waals surface area contributed by atoms with Crippen LogP contribution in [0.25, 0.3) is 0 Å². The van der Waals surface area contributed by atoms with Crippen LogP contribution in [0.4, 0.5) is 26.3 Å². The molecule has 1 aromatic rings. The second-order valence-corrected chi connectivity index (χ2v) is 6.74. The molecule has 1 aromatic heterocycles. The predicted molar refractivity (Wildman–Crippen MR) is 106 cm³/mol. The largest absolute Gasteiger partial charge is 0.490 e. The highest BCUT2D eigenvalue weighted by atomic mass is 19.4. The summed E-state index contributed by atoms with van der Waals surface area (Å²) in [5, 5.41) is 17.8. The van der Waals surface area contributed by atoms with Gasteiger partial charge in [0.2, 0.25) is 0 Å². The summed E-state index contributed by atoms with van der Waals surface area (Å²) < 4.78 is 63.5. The van der Waals surface area contributed by atoms with Gasteiger partial charge in [-0.1, -0.05) is 17.7 Å². The number of nitrogens with one attached hydrogen (secondary N) is 1. The number of alkyl halides is 6. The van der Waals surface area contributed by atoms with E-state index in [4.69, 9.17) is 19.8 Å². The Labute approximate surface area is 182 Å². The topological polar surface area (TPSA) is 99.5 Å². The minimum atomic E-state index is -5.08. The van der Waals surface area contributed by atoms with Crippen molar-refractivity contribution in [1.82, 2.24) is 10.3 Å². The van der Waals surface area contributed by atoms with Gasteiger partial charge in [-0.3, -0.25) is 4.98 Å². The number of carbonyl (C=O) groups is 2. The molecule has 6 nitrogen and oxygen atoms in total. The van der Waals surface area contributed by atoms with Gasteiger partial charge in [0.05, 0.1) is 0 Å². The van der Waals surface area contributed by atoms with Crippen LogP contribution in [0.15, 0.2) is 36.0 Å². The molecule has 0 aromatic carbocycles. The molecule has 1 unspecified atom stereocenters. The van der Waals surface area contributed by atoms with Crippen molar-refractivity contribution in [2.75, 3.05) is 6.54 Å². The van der Waals surface area contributed by atoms with E-state index < -0.39 is 24.3 Å². The number of carboxylic acids is 2. The molecular weight excluding hydrogens is 446 g/mol. The van der Waals surface area contributed by atoms with Crippen molar-refractivity contribution in [3.8, 4) is 0 Å². The number of allylic oxidation sites excluding steroid dienone is 2. The third kappa shape index (κ3) is 20.6. The van der Waals surface area contributed by atoms with Crippen LogP contribution in [0.5, 0.6) is 0 Å². The van der Waals surface area contributed by atoms with Crippen molar-refractivity contribution >= 4 is 11.9 Å². The molecule has 1 heterocycles. The Balaban J connectivity index is 0. The summed E-state index contributed by atoms with van der Waals surface area (Å²) in [4.78, 5) is 22.1. The first-order valence-corrected chi connectivity index (χ1v) is 9.44. The Morgan fingerprint density at radius 2 is 1.56 bits per heavy atom. The third-order valence-corrected chi connectivity index (χ3v) is 3.47.